The second-order valence-electron chi connectivity index (χ2n) is 4.17. The third-order valence-corrected chi connectivity index (χ3v) is 3.14. The molecule has 0 spiro atoms. The molecule has 3 heteroatoms. The van der Waals surface area contributed by atoms with Gasteiger partial charge in [-0.1, -0.05) is 24.3 Å². The highest BCUT2D eigenvalue weighted by atomic mass is 16.5. The summed E-state index contributed by atoms with van der Waals surface area (Å²) >= 11 is 0. The number of hydrogen-bond acceptors (Lipinski definition) is 3. The molecule has 1 unspecified atom stereocenters. The molecule has 0 fully saturated rings. The van der Waals surface area contributed by atoms with Crippen LogP contribution in [0.4, 0.5) is 0 Å². The number of benzene rings is 1. The summed E-state index contributed by atoms with van der Waals surface area (Å²) in [4.78, 5) is 4.36. The van der Waals surface area contributed by atoms with Crippen molar-refractivity contribution in [1.82, 2.24) is 4.98 Å². The van der Waals surface area contributed by atoms with E-state index in [0.29, 0.717) is 5.75 Å². The number of aromatic nitrogens is 1. The number of nitrogens with zero attached hydrogens (tertiary/aromatic N) is 1. The maximum absolute atomic E-state index is 10.0. The molecule has 0 saturated heterocycles. The van der Waals surface area contributed by atoms with Gasteiger partial charge in [0.05, 0.1) is 13.2 Å². The van der Waals surface area contributed by atoms with E-state index in [1.807, 2.05) is 42.5 Å². The predicted molar refractivity (Wildman–Crippen MR) is 69.3 cm³/mol. The van der Waals surface area contributed by atoms with Crippen LogP contribution in [0.5, 0.6) is 5.75 Å². The van der Waals surface area contributed by atoms with Crippen LogP contribution in [0.15, 0.2) is 48.7 Å². The molecule has 3 nitrogen and oxygen atoms in total. The highest BCUT2D eigenvalue weighted by Crippen LogP contribution is 2.39. The smallest absolute Gasteiger partial charge is 0.145 e. The van der Waals surface area contributed by atoms with E-state index in [1.165, 1.54) is 0 Å². The molecule has 3 rings (SSSR count). The number of ether oxygens (including phenoxy) is 1. The molecule has 0 radical (unpaired) electrons. The Morgan fingerprint density at radius 2 is 2.00 bits per heavy atom. The number of fused-ring (bicyclic) bond motifs is 1. The van der Waals surface area contributed by atoms with Crippen molar-refractivity contribution >= 4 is 5.57 Å². The first-order chi connectivity index (χ1) is 8.81. The first-order valence-corrected chi connectivity index (χ1v) is 5.80. The van der Waals surface area contributed by atoms with E-state index in [0.717, 1.165) is 22.4 Å². The zero-order valence-corrected chi connectivity index (χ0v) is 10.00. The van der Waals surface area contributed by atoms with Crippen molar-refractivity contribution in [3.05, 3.63) is 65.5 Å². The van der Waals surface area contributed by atoms with Gasteiger partial charge in [0.1, 0.15) is 11.4 Å². The van der Waals surface area contributed by atoms with Crippen molar-refractivity contribution in [3.63, 3.8) is 0 Å². The molecule has 1 atom stereocenters. The molecule has 1 N–H and O–H groups in total. The second kappa shape index (κ2) is 4.27. The van der Waals surface area contributed by atoms with Gasteiger partial charge in [-0.05, 0) is 29.3 Å². The first kappa shape index (κ1) is 11.0. The maximum atomic E-state index is 10.0. The zero-order chi connectivity index (χ0) is 12.5. The number of hydrogen-bond donors (Lipinski definition) is 1. The van der Waals surface area contributed by atoms with Gasteiger partial charge in [0.2, 0.25) is 0 Å². The molecule has 1 aliphatic carbocycles. The molecule has 1 aromatic carbocycles. The fourth-order valence-electron chi connectivity index (χ4n) is 2.30. The summed E-state index contributed by atoms with van der Waals surface area (Å²) < 4.78 is 5.32. The molecule has 0 amide bonds. The third-order valence-electron chi connectivity index (χ3n) is 3.14. The summed E-state index contributed by atoms with van der Waals surface area (Å²) in [6, 6.07) is 11.5. The van der Waals surface area contributed by atoms with E-state index in [1.54, 1.807) is 13.3 Å². The molecule has 18 heavy (non-hydrogen) atoms. The molecular formula is C15H13NO2. The minimum absolute atomic E-state index is 0.567. The van der Waals surface area contributed by atoms with Crippen molar-refractivity contribution in [2.45, 2.75) is 6.10 Å². The lowest BCUT2D eigenvalue weighted by Gasteiger charge is -2.09. The van der Waals surface area contributed by atoms with E-state index in [4.69, 9.17) is 4.74 Å². The SMILES string of the molecule is COc1cccnc1C1=CC(O)c2ccccc21. The van der Waals surface area contributed by atoms with Crippen molar-refractivity contribution in [1.29, 1.82) is 0 Å². The monoisotopic (exact) mass is 239 g/mol. The van der Waals surface area contributed by atoms with Crippen LogP contribution in [0, 0.1) is 0 Å². The van der Waals surface area contributed by atoms with Crippen LogP contribution in [0.2, 0.25) is 0 Å². The number of aliphatic hydroxyl groups excluding tert-OH is 1. The molecule has 1 aromatic heterocycles. The average Bonchev–Trinajstić information content (AvgIpc) is 2.77. The summed E-state index contributed by atoms with van der Waals surface area (Å²) in [5, 5.41) is 10.0. The summed E-state index contributed by atoms with van der Waals surface area (Å²) in [6.45, 7) is 0. The molecule has 90 valence electrons. The highest BCUT2D eigenvalue weighted by Gasteiger charge is 2.24. The van der Waals surface area contributed by atoms with Crippen molar-refractivity contribution < 1.29 is 9.84 Å². The normalized spacial score (nSPS) is 17.2. The summed E-state index contributed by atoms with van der Waals surface area (Å²) in [5.74, 6) is 0.715. The third kappa shape index (κ3) is 1.60. The number of rotatable bonds is 2. The Labute approximate surface area is 105 Å². The van der Waals surface area contributed by atoms with E-state index in [9.17, 15) is 5.11 Å². The minimum Gasteiger partial charge on any atom is -0.494 e. The van der Waals surface area contributed by atoms with Gasteiger partial charge in [0.15, 0.2) is 0 Å². The van der Waals surface area contributed by atoms with Gasteiger partial charge < -0.3 is 9.84 Å². The second-order valence-corrected chi connectivity index (χ2v) is 4.17. The van der Waals surface area contributed by atoms with Crippen molar-refractivity contribution in [2.24, 2.45) is 0 Å². The van der Waals surface area contributed by atoms with Crippen LogP contribution >= 0.6 is 0 Å². The van der Waals surface area contributed by atoms with Crippen LogP contribution in [0.3, 0.4) is 0 Å². The van der Waals surface area contributed by atoms with E-state index < -0.39 is 6.10 Å². The molecular weight excluding hydrogens is 226 g/mol. The Hall–Kier alpha value is -2.13. The zero-order valence-electron chi connectivity index (χ0n) is 10.00. The quantitative estimate of drug-likeness (QED) is 0.875. The lowest BCUT2D eigenvalue weighted by Crippen LogP contribution is -1.95. The standard InChI is InChI=1S/C15H13NO2/c1-18-14-7-4-8-16-15(14)12-9-13(17)11-6-3-2-5-10(11)12/h2-9,13,17H,1H3. The van der Waals surface area contributed by atoms with Gasteiger partial charge in [0.25, 0.3) is 0 Å². The van der Waals surface area contributed by atoms with Crippen molar-refractivity contribution in [3.8, 4) is 5.75 Å². The van der Waals surface area contributed by atoms with Gasteiger partial charge >= 0.3 is 0 Å². The Morgan fingerprint density at radius 1 is 1.17 bits per heavy atom. The highest BCUT2D eigenvalue weighted by molar-refractivity contribution is 5.86. The molecule has 0 bridgehead atoms. The molecule has 1 heterocycles. The van der Waals surface area contributed by atoms with Crippen LogP contribution in [-0.2, 0) is 0 Å². The molecule has 0 saturated carbocycles. The van der Waals surface area contributed by atoms with E-state index in [-0.39, 0.29) is 0 Å². The first-order valence-electron chi connectivity index (χ1n) is 5.80. The van der Waals surface area contributed by atoms with Crippen LogP contribution < -0.4 is 4.74 Å². The molecule has 2 aromatic rings. The lowest BCUT2D eigenvalue weighted by molar-refractivity contribution is 0.232. The topological polar surface area (TPSA) is 42.4 Å². The lowest BCUT2D eigenvalue weighted by atomic mass is 10.0. The van der Waals surface area contributed by atoms with Gasteiger partial charge in [0, 0.05) is 11.8 Å². The fraction of sp³-hybridized carbons (Fsp3) is 0.133. The molecule has 0 aliphatic heterocycles. The Balaban J connectivity index is 2.17. The average molecular weight is 239 g/mol. The number of pyridine rings is 1. The Morgan fingerprint density at radius 3 is 2.83 bits per heavy atom. The van der Waals surface area contributed by atoms with E-state index in [2.05, 4.69) is 4.98 Å². The summed E-state index contributed by atoms with van der Waals surface area (Å²) in [5.41, 5.74) is 3.63. The summed E-state index contributed by atoms with van der Waals surface area (Å²) in [6.07, 6.45) is 2.98. The van der Waals surface area contributed by atoms with Gasteiger partial charge in [-0.2, -0.15) is 0 Å². The van der Waals surface area contributed by atoms with Crippen molar-refractivity contribution in [2.75, 3.05) is 7.11 Å². The molecule has 1 aliphatic rings. The Kier molecular flexibility index (Phi) is 2.61. The predicted octanol–water partition coefficient (Wildman–Crippen LogP) is 2.57. The minimum atomic E-state index is -0.567. The Bertz CT molecular complexity index is 619. The fourth-order valence-corrected chi connectivity index (χ4v) is 2.30. The van der Waals surface area contributed by atoms with Crippen LogP contribution in [0.1, 0.15) is 22.9 Å². The van der Waals surface area contributed by atoms with Gasteiger partial charge in [-0.15, -0.1) is 0 Å². The number of aliphatic hydroxyl groups is 1. The summed E-state index contributed by atoms with van der Waals surface area (Å²) in [7, 11) is 1.62. The van der Waals surface area contributed by atoms with Gasteiger partial charge in [-0.3, -0.25) is 4.98 Å². The van der Waals surface area contributed by atoms with Crippen LogP contribution in [0.25, 0.3) is 5.57 Å². The largest absolute Gasteiger partial charge is 0.494 e. The number of methoxy groups -OCH3 is 1. The van der Waals surface area contributed by atoms with E-state index >= 15 is 0 Å². The van der Waals surface area contributed by atoms with Crippen LogP contribution in [-0.4, -0.2) is 17.2 Å². The maximum Gasteiger partial charge on any atom is 0.145 e. The van der Waals surface area contributed by atoms with Gasteiger partial charge in [-0.25, -0.2) is 0 Å².